The summed E-state index contributed by atoms with van der Waals surface area (Å²) in [5.74, 6) is 1.88. The first-order valence-corrected chi connectivity index (χ1v) is 13.1. The highest BCUT2D eigenvalue weighted by Gasteiger charge is 2.35. The SMILES string of the molecule is CC(CCC1C(C)c2cc(C(C)(C)C)ccc2NC1c1ccccc1)CN1CCN(C)CC1. The van der Waals surface area contributed by atoms with Gasteiger partial charge in [0.1, 0.15) is 0 Å². The molecule has 1 saturated heterocycles. The molecule has 4 rings (SSSR count). The highest BCUT2D eigenvalue weighted by atomic mass is 15.2. The maximum absolute atomic E-state index is 3.97. The standard InChI is InChI=1S/C30H45N3/c1-22(21-33-18-16-32(6)17-19-33)12-14-26-23(2)27-20-25(30(3,4)5)13-15-28(27)31-29(26)24-10-8-7-9-11-24/h7-11,13,15,20,22-23,26,29,31H,12,14,16-19,21H2,1-6H3. The molecule has 3 nitrogen and oxygen atoms in total. The van der Waals surface area contributed by atoms with Crippen LogP contribution in [0.3, 0.4) is 0 Å². The molecule has 3 heteroatoms. The minimum atomic E-state index is 0.178. The van der Waals surface area contributed by atoms with Crippen molar-refractivity contribution in [2.45, 2.75) is 64.8 Å². The van der Waals surface area contributed by atoms with Crippen molar-refractivity contribution in [3.8, 4) is 0 Å². The molecule has 0 aromatic heterocycles. The summed E-state index contributed by atoms with van der Waals surface area (Å²) in [5.41, 5.74) is 5.87. The van der Waals surface area contributed by atoms with Crippen molar-refractivity contribution in [1.82, 2.24) is 9.80 Å². The van der Waals surface area contributed by atoms with Crippen molar-refractivity contribution in [2.24, 2.45) is 11.8 Å². The quantitative estimate of drug-likeness (QED) is 0.543. The molecule has 1 N–H and O–H groups in total. The molecule has 0 saturated carbocycles. The molecule has 0 radical (unpaired) electrons. The summed E-state index contributed by atoms with van der Waals surface area (Å²) in [4.78, 5) is 5.12. The van der Waals surface area contributed by atoms with Gasteiger partial charge in [-0.25, -0.2) is 0 Å². The molecule has 2 aliphatic heterocycles. The van der Waals surface area contributed by atoms with E-state index in [1.54, 1.807) is 0 Å². The van der Waals surface area contributed by atoms with Gasteiger partial charge in [-0.1, -0.05) is 77.1 Å². The van der Waals surface area contributed by atoms with E-state index in [1.165, 1.54) is 67.9 Å². The van der Waals surface area contributed by atoms with Crippen LogP contribution in [0.4, 0.5) is 5.69 Å². The summed E-state index contributed by atoms with van der Waals surface area (Å²) < 4.78 is 0. The zero-order valence-corrected chi connectivity index (χ0v) is 21.8. The number of nitrogens with one attached hydrogen (secondary N) is 1. The van der Waals surface area contributed by atoms with Gasteiger partial charge in [-0.2, -0.15) is 0 Å². The molecule has 0 bridgehead atoms. The third-order valence-corrected chi connectivity index (χ3v) is 8.11. The zero-order chi connectivity index (χ0) is 23.6. The number of anilines is 1. The van der Waals surface area contributed by atoms with Gasteiger partial charge in [-0.05, 0) is 65.8 Å². The van der Waals surface area contributed by atoms with Crippen LogP contribution in [0.5, 0.6) is 0 Å². The average Bonchev–Trinajstić information content (AvgIpc) is 2.79. The van der Waals surface area contributed by atoms with E-state index in [-0.39, 0.29) is 5.41 Å². The fourth-order valence-corrected chi connectivity index (χ4v) is 5.78. The fourth-order valence-electron chi connectivity index (χ4n) is 5.78. The Hall–Kier alpha value is -1.84. The van der Waals surface area contributed by atoms with E-state index >= 15 is 0 Å². The molecule has 2 aliphatic rings. The topological polar surface area (TPSA) is 18.5 Å². The summed E-state index contributed by atoms with van der Waals surface area (Å²) in [7, 11) is 2.24. The second-order valence-corrected chi connectivity index (χ2v) is 11.8. The Morgan fingerprint density at radius 3 is 2.36 bits per heavy atom. The molecule has 0 spiro atoms. The van der Waals surface area contributed by atoms with Crippen LogP contribution in [-0.4, -0.2) is 49.6 Å². The Labute approximate surface area is 202 Å². The van der Waals surface area contributed by atoms with Crippen molar-refractivity contribution in [1.29, 1.82) is 0 Å². The molecule has 2 heterocycles. The molecule has 4 atom stereocenters. The Kier molecular flexibility index (Phi) is 7.50. The molecule has 2 aromatic rings. The first-order valence-electron chi connectivity index (χ1n) is 13.1. The number of hydrogen-bond acceptors (Lipinski definition) is 3. The van der Waals surface area contributed by atoms with Crippen molar-refractivity contribution in [3.05, 3.63) is 65.2 Å². The van der Waals surface area contributed by atoms with Gasteiger partial charge in [0, 0.05) is 38.4 Å². The highest BCUT2D eigenvalue weighted by molar-refractivity contribution is 5.59. The van der Waals surface area contributed by atoms with E-state index in [1.807, 2.05) is 0 Å². The van der Waals surface area contributed by atoms with Crippen LogP contribution in [-0.2, 0) is 5.41 Å². The number of nitrogens with zero attached hydrogens (tertiary/aromatic N) is 2. The van der Waals surface area contributed by atoms with Crippen LogP contribution in [0, 0.1) is 11.8 Å². The average molecular weight is 448 g/mol. The van der Waals surface area contributed by atoms with Crippen LogP contribution in [0.1, 0.15) is 76.1 Å². The molecular formula is C30H45N3. The first kappa shape index (κ1) is 24.3. The van der Waals surface area contributed by atoms with E-state index < -0.39 is 0 Å². The molecule has 1 fully saturated rings. The van der Waals surface area contributed by atoms with Crippen LogP contribution in [0.25, 0.3) is 0 Å². The molecule has 180 valence electrons. The van der Waals surface area contributed by atoms with E-state index in [0.717, 1.165) is 5.92 Å². The normalized spacial score (nSPS) is 25.3. The van der Waals surface area contributed by atoms with Gasteiger partial charge in [0.2, 0.25) is 0 Å². The monoisotopic (exact) mass is 447 g/mol. The van der Waals surface area contributed by atoms with Crippen LogP contribution < -0.4 is 5.32 Å². The largest absolute Gasteiger partial charge is 0.378 e. The Morgan fingerprint density at radius 2 is 1.70 bits per heavy atom. The van der Waals surface area contributed by atoms with Gasteiger partial charge in [-0.3, -0.25) is 0 Å². The Morgan fingerprint density at radius 1 is 1.00 bits per heavy atom. The Balaban J connectivity index is 1.52. The summed E-state index contributed by atoms with van der Waals surface area (Å²) in [6.45, 7) is 18.0. The van der Waals surface area contributed by atoms with Crippen LogP contribution in [0.2, 0.25) is 0 Å². The third-order valence-electron chi connectivity index (χ3n) is 8.11. The maximum Gasteiger partial charge on any atom is 0.0547 e. The number of fused-ring (bicyclic) bond motifs is 1. The lowest BCUT2D eigenvalue weighted by Crippen LogP contribution is -2.45. The maximum atomic E-state index is 3.97. The lowest BCUT2D eigenvalue weighted by Gasteiger charge is -2.41. The predicted molar refractivity (Wildman–Crippen MR) is 142 cm³/mol. The predicted octanol–water partition coefficient (Wildman–Crippen LogP) is 6.53. The van der Waals surface area contributed by atoms with Gasteiger partial charge >= 0.3 is 0 Å². The first-order chi connectivity index (χ1) is 15.7. The summed E-state index contributed by atoms with van der Waals surface area (Å²) in [6, 6.07) is 18.6. The van der Waals surface area contributed by atoms with E-state index in [2.05, 4.69) is 105 Å². The van der Waals surface area contributed by atoms with Crippen molar-refractivity contribution in [3.63, 3.8) is 0 Å². The van der Waals surface area contributed by atoms with Gasteiger partial charge in [0.05, 0.1) is 6.04 Å². The molecule has 0 amide bonds. The number of benzene rings is 2. The minimum absolute atomic E-state index is 0.178. The molecular weight excluding hydrogens is 402 g/mol. The molecule has 33 heavy (non-hydrogen) atoms. The minimum Gasteiger partial charge on any atom is -0.378 e. The van der Waals surface area contributed by atoms with Crippen molar-refractivity contribution < 1.29 is 0 Å². The molecule has 2 aromatic carbocycles. The number of hydrogen-bond donors (Lipinski definition) is 1. The van der Waals surface area contributed by atoms with Crippen LogP contribution >= 0.6 is 0 Å². The van der Waals surface area contributed by atoms with E-state index in [0.29, 0.717) is 17.9 Å². The smallest absolute Gasteiger partial charge is 0.0547 e. The van der Waals surface area contributed by atoms with Gasteiger partial charge in [0.25, 0.3) is 0 Å². The molecule has 4 unspecified atom stereocenters. The van der Waals surface area contributed by atoms with Gasteiger partial charge in [-0.15, -0.1) is 0 Å². The summed E-state index contributed by atoms with van der Waals surface area (Å²) >= 11 is 0. The summed E-state index contributed by atoms with van der Waals surface area (Å²) in [6.07, 6.45) is 2.56. The van der Waals surface area contributed by atoms with Gasteiger partial charge < -0.3 is 15.1 Å². The Bertz CT molecular complexity index is 893. The van der Waals surface area contributed by atoms with Crippen molar-refractivity contribution >= 4 is 5.69 Å². The lowest BCUT2D eigenvalue weighted by molar-refractivity contribution is 0.134. The van der Waals surface area contributed by atoms with E-state index in [9.17, 15) is 0 Å². The molecule has 0 aliphatic carbocycles. The second-order valence-electron chi connectivity index (χ2n) is 11.8. The third kappa shape index (κ3) is 5.81. The number of piperazine rings is 1. The number of likely N-dealkylation sites (N-methyl/N-ethyl adjacent to an activating group) is 1. The fraction of sp³-hybridized carbons (Fsp3) is 0.600. The van der Waals surface area contributed by atoms with Crippen LogP contribution in [0.15, 0.2) is 48.5 Å². The van der Waals surface area contributed by atoms with E-state index in [4.69, 9.17) is 0 Å². The van der Waals surface area contributed by atoms with Crippen molar-refractivity contribution in [2.75, 3.05) is 45.1 Å². The second kappa shape index (κ2) is 10.2. The summed E-state index contributed by atoms with van der Waals surface area (Å²) in [5, 5.41) is 3.97. The van der Waals surface area contributed by atoms with Gasteiger partial charge in [0.15, 0.2) is 0 Å². The highest BCUT2D eigenvalue weighted by Crippen LogP contribution is 2.47. The lowest BCUT2D eigenvalue weighted by atomic mass is 9.72. The number of rotatable bonds is 6. The zero-order valence-electron chi connectivity index (χ0n) is 21.8.